The van der Waals surface area contributed by atoms with Crippen LogP contribution in [0.2, 0.25) is 0 Å². The Kier molecular flexibility index (Phi) is 6.88. The zero-order valence-corrected chi connectivity index (χ0v) is 21.0. The number of benzene rings is 2. The molecule has 1 aliphatic carbocycles. The number of nitrogens with zero attached hydrogens (tertiary/aromatic N) is 3. The summed E-state index contributed by atoms with van der Waals surface area (Å²) in [6.07, 6.45) is 4.88. The average molecular weight is 512 g/mol. The number of hydrogen-bond donors (Lipinski definition) is 1. The largest absolute Gasteiger partial charge is 0.481 e. The molecule has 0 bridgehead atoms. The van der Waals surface area contributed by atoms with Crippen LogP contribution in [-0.4, -0.2) is 39.9 Å². The van der Waals surface area contributed by atoms with Crippen molar-refractivity contribution in [2.24, 2.45) is 5.92 Å². The van der Waals surface area contributed by atoms with Gasteiger partial charge in [0.15, 0.2) is 11.6 Å². The second-order valence-corrected chi connectivity index (χ2v) is 10.2. The van der Waals surface area contributed by atoms with Crippen LogP contribution in [0.25, 0.3) is 11.0 Å². The standard InChI is InChI=1S/C28H31F2N3O4/c1-16-6-9-20-23(32(16)28(36)37-2)11-12-24-26(20)31-25(13-8-17-7-10-21(29)22(30)14-17)33(24)19-5-3-4-18(15-19)27(34)35/h7,10-12,14,16,18-19H,3-6,8-9,13,15H2,1-2H3,(H,34,35)/t16-,18+,19+/m0/s1. The molecule has 37 heavy (non-hydrogen) atoms. The monoisotopic (exact) mass is 511 g/mol. The molecule has 1 saturated carbocycles. The third-order valence-corrected chi connectivity index (χ3v) is 7.88. The van der Waals surface area contributed by atoms with E-state index in [1.165, 1.54) is 13.2 Å². The Bertz CT molecular complexity index is 1350. The highest BCUT2D eigenvalue weighted by molar-refractivity contribution is 5.95. The molecule has 5 rings (SSSR count). The van der Waals surface area contributed by atoms with Crippen molar-refractivity contribution in [3.63, 3.8) is 0 Å². The molecule has 0 unspecified atom stereocenters. The maximum Gasteiger partial charge on any atom is 0.414 e. The molecular formula is C28H31F2N3O4. The lowest BCUT2D eigenvalue weighted by molar-refractivity contribution is -0.143. The van der Waals surface area contributed by atoms with E-state index in [1.54, 1.807) is 11.0 Å². The Labute approximate surface area is 214 Å². The van der Waals surface area contributed by atoms with E-state index >= 15 is 0 Å². The maximum absolute atomic E-state index is 13.8. The van der Waals surface area contributed by atoms with E-state index in [2.05, 4.69) is 4.57 Å². The minimum Gasteiger partial charge on any atom is -0.481 e. The summed E-state index contributed by atoms with van der Waals surface area (Å²) in [7, 11) is 1.37. The number of ether oxygens (including phenoxy) is 1. The van der Waals surface area contributed by atoms with Gasteiger partial charge in [0.05, 0.1) is 29.7 Å². The molecule has 1 N–H and O–H groups in total. The number of rotatable bonds is 5. The molecule has 0 spiro atoms. The lowest BCUT2D eigenvalue weighted by atomic mass is 9.85. The number of hydrogen-bond acceptors (Lipinski definition) is 4. The van der Waals surface area contributed by atoms with E-state index in [0.717, 1.165) is 59.9 Å². The predicted molar refractivity (Wildman–Crippen MR) is 135 cm³/mol. The first kappa shape index (κ1) is 25.2. The van der Waals surface area contributed by atoms with Gasteiger partial charge in [0.1, 0.15) is 5.82 Å². The number of halogens is 2. The highest BCUT2D eigenvalue weighted by Crippen LogP contribution is 2.40. The van der Waals surface area contributed by atoms with Crippen LogP contribution in [0.15, 0.2) is 30.3 Å². The SMILES string of the molecule is COC(=O)N1c2ccc3c(nc(CCc4ccc(F)c(F)c4)n3[C@@H]3CCC[C@@H](C(=O)O)C3)c2CC[C@@H]1C. The molecule has 0 radical (unpaired) electrons. The van der Waals surface area contributed by atoms with Crippen molar-refractivity contribution >= 4 is 28.8 Å². The summed E-state index contributed by atoms with van der Waals surface area (Å²) in [5.41, 5.74) is 4.13. The number of carboxylic acids is 1. The van der Waals surface area contributed by atoms with Gasteiger partial charge in [-0.15, -0.1) is 0 Å². The number of amides is 1. The van der Waals surface area contributed by atoms with Crippen molar-refractivity contribution in [1.29, 1.82) is 0 Å². The third-order valence-electron chi connectivity index (χ3n) is 7.88. The minimum absolute atomic E-state index is 0.0120. The zero-order chi connectivity index (χ0) is 26.3. The van der Waals surface area contributed by atoms with Crippen LogP contribution in [0.5, 0.6) is 0 Å². The molecular weight excluding hydrogens is 480 g/mol. The first-order valence-corrected chi connectivity index (χ1v) is 12.8. The van der Waals surface area contributed by atoms with Crippen LogP contribution < -0.4 is 4.90 Å². The normalized spacial score (nSPS) is 21.6. The molecule has 9 heteroatoms. The number of carboxylic acid groups (broad SMARTS) is 1. The topological polar surface area (TPSA) is 84.7 Å². The minimum atomic E-state index is -0.881. The van der Waals surface area contributed by atoms with Crippen molar-refractivity contribution in [3.8, 4) is 0 Å². The number of carbonyl (C=O) groups excluding carboxylic acids is 1. The average Bonchev–Trinajstić information content (AvgIpc) is 3.27. The van der Waals surface area contributed by atoms with Crippen molar-refractivity contribution < 1.29 is 28.2 Å². The van der Waals surface area contributed by atoms with E-state index in [4.69, 9.17) is 9.72 Å². The Morgan fingerprint density at radius 2 is 1.92 bits per heavy atom. The van der Waals surface area contributed by atoms with E-state index in [0.29, 0.717) is 31.2 Å². The van der Waals surface area contributed by atoms with Gasteiger partial charge in [-0.25, -0.2) is 18.6 Å². The highest BCUT2D eigenvalue weighted by Gasteiger charge is 2.34. The Hall–Kier alpha value is -3.49. The number of aliphatic carboxylic acids is 1. The smallest absolute Gasteiger partial charge is 0.414 e. The summed E-state index contributed by atoms with van der Waals surface area (Å²) in [4.78, 5) is 31.1. The lowest BCUT2D eigenvalue weighted by Crippen LogP contribution is -2.42. The zero-order valence-electron chi connectivity index (χ0n) is 21.0. The summed E-state index contributed by atoms with van der Waals surface area (Å²) < 4.78 is 34.5. The van der Waals surface area contributed by atoms with Gasteiger partial charge in [0, 0.05) is 24.1 Å². The summed E-state index contributed by atoms with van der Waals surface area (Å²) in [6.45, 7) is 1.99. The Balaban J connectivity index is 1.59. The number of anilines is 1. The number of imidazole rings is 1. The van der Waals surface area contributed by atoms with Crippen LogP contribution >= 0.6 is 0 Å². The number of aryl methyl sites for hydroxylation is 3. The summed E-state index contributed by atoms with van der Waals surface area (Å²) in [5.74, 6) is -2.17. The van der Waals surface area contributed by atoms with Crippen molar-refractivity contribution in [2.45, 2.75) is 70.4 Å². The lowest BCUT2D eigenvalue weighted by Gasteiger charge is -2.34. The van der Waals surface area contributed by atoms with Gasteiger partial charge < -0.3 is 14.4 Å². The fourth-order valence-electron chi connectivity index (χ4n) is 5.98. The summed E-state index contributed by atoms with van der Waals surface area (Å²) in [6, 6.07) is 7.76. The Morgan fingerprint density at radius 1 is 1.11 bits per heavy atom. The van der Waals surface area contributed by atoms with Gasteiger partial charge >= 0.3 is 12.1 Å². The molecule has 2 heterocycles. The van der Waals surface area contributed by atoms with E-state index in [9.17, 15) is 23.5 Å². The molecule has 0 saturated heterocycles. The van der Waals surface area contributed by atoms with Crippen molar-refractivity contribution in [2.75, 3.05) is 12.0 Å². The van der Waals surface area contributed by atoms with Crippen LogP contribution in [-0.2, 0) is 28.8 Å². The van der Waals surface area contributed by atoms with Crippen LogP contribution in [0, 0.1) is 17.6 Å². The summed E-state index contributed by atoms with van der Waals surface area (Å²) >= 11 is 0. The second kappa shape index (κ2) is 10.1. The highest BCUT2D eigenvalue weighted by atomic mass is 19.2. The number of aromatic nitrogens is 2. The molecule has 1 aliphatic heterocycles. The third kappa shape index (κ3) is 4.67. The maximum atomic E-state index is 13.8. The van der Waals surface area contributed by atoms with Crippen LogP contribution in [0.4, 0.5) is 19.3 Å². The fourth-order valence-corrected chi connectivity index (χ4v) is 5.98. The first-order valence-electron chi connectivity index (χ1n) is 12.8. The van der Waals surface area contributed by atoms with Gasteiger partial charge in [-0.3, -0.25) is 9.69 Å². The van der Waals surface area contributed by atoms with Crippen LogP contribution in [0.1, 0.15) is 62.0 Å². The van der Waals surface area contributed by atoms with E-state index < -0.39 is 29.6 Å². The number of carbonyl (C=O) groups is 2. The van der Waals surface area contributed by atoms with E-state index in [-0.39, 0.29) is 12.1 Å². The molecule has 3 aromatic rings. The van der Waals surface area contributed by atoms with Gasteiger partial charge in [0.2, 0.25) is 0 Å². The predicted octanol–water partition coefficient (Wildman–Crippen LogP) is 5.82. The molecule has 1 fully saturated rings. The molecule has 196 valence electrons. The first-order chi connectivity index (χ1) is 17.8. The fraction of sp³-hybridized carbons (Fsp3) is 0.464. The van der Waals surface area contributed by atoms with Gasteiger partial charge in [-0.05, 0) is 75.3 Å². The molecule has 1 aromatic heterocycles. The Morgan fingerprint density at radius 3 is 2.65 bits per heavy atom. The van der Waals surface area contributed by atoms with Gasteiger partial charge in [0.25, 0.3) is 0 Å². The molecule has 2 aliphatic rings. The quantitative estimate of drug-likeness (QED) is 0.466. The van der Waals surface area contributed by atoms with Crippen molar-refractivity contribution in [3.05, 3.63) is 58.9 Å². The van der Waals surface area contributed by atoms with Gasteiger partial charge in [-0.1, -0.05) is 12.5 Å². The molecule has 2 aromatic carbocycles. The number of methoxy groups -OCH3 is 1. The van der Waals surface area contributed by atoms with Crippen LogP contribution in [0.3, 0.4) is 0 Å². The molecule has 7 nitrogen and oxygen atoms in total. The van der Waals surface area contributed by atoms with E-state index in [1.807, 2.05) is 19.1 Å². The number of fused-ring (bicyclic) bond motifs is 3. The van der Waals surface area contributed by atoms with Gasteiger partial charge in [-0.2, -0.15) is 0 Å². The second-order valence-electron chi connectivity index (χ2n) is 10.2. The summed E-state index contributed by atoms with van der Waals surface area (Å²) in [5, 5.41) is 9.68. The van der Waals surface area contributed by atoms with Crippen molar-refractivity contribution in [1.82, 2.24) is 9.55 Å². The molecule has 3 atom stereocenters. The molecule has 1 amide bonds.